The number of hydrogen-bond donors (Lipinski definition) is 1. The molecule has 0 saturated carbocycles. The van der Waals surface area contributed by atoms with Crippen LogP contribution in [0.1, 0.15) is 32.8 Å². The number of amides is 1. The summed E-state index contributed by atoms with van der Waals surface area (Å²) >= 11 is 1.61. The number of nitrogens with one attached hydrogen (secondary N) is 1. The molecule has 0 saturated heterocycles. The molecule has 0 fully saturated rings. The van der Waals surface area contributed by atoms with E-state index in [2.05, 4.69) is 22.4 Å². The molecule has 4 nitrogen and oxygen atoms in total. The van der Waals surface area contributed by atoms with Gasteiger partial charge in [-0.15, -0.1) is 11.3 Å². The van der Waals surface area contributed by atoms with Crippen LogP contribution in [0.25, 0.3) is 0 Å². The van der Waals surface area contributed by atoms with E-state index in [1.54, 1.807) is 11.3 Å². The number of fused-ring (bicyclic) bond motifs is 1. The van der Waals surface area contributed by atoms with Gasteiger partial charge in [-0.05, 0) is 31.0 Å². The Kier molecular flexibility index (Phi) is 4.24. The summed E-state index contributed by atoms with van der Waals surface area (Å²) in [7, 11) is 0. The van der Waals surface area contributed by atoms with E-state index in [0.717, 1.165) is 28.4 Å². The fourth-order valence-corrected chi connectivity index (χ4v) is 3.79. The number of hydrogen-bond acceptors (Lipinski definition) is 4. The van der Waals surface area contributed by atoms with Crippen molar-refractivity contribution in [2.75, 3.05) is 11.9 Å². The van der Waals surface area contributed by atoms with Crippen molar-refractivity contribution >= 4 is 22.9 Å². The number of rotatable bonds is 4. The number of aryl methyl sites for hydroxylation is 1. The Morgan fingerprint density at radius 1 is 1.12 bits per heavy atom. The number of para-hydroxylation sites is 1. The van der Waals surface area contributed by atoms with E-state index in [4.69, 9.17) is 0 Å². The summed E-state index contributed by atoms with van der Waals surface area (Å²) in [5.74, 6) is 0.0564. The van der Waals surface area contributed by atoms with E-state index in [0.29, 0.717) is 6.54 Å². The van der Waals surface area contributed by atoms with Crippen LogP contribution in [-0.2, 0) is 6.42 Å². The molecule has 1 atom stereocenters. The van der Waals surface area contributed by atoms with Crippen LogP contribution < -0.4 is 5.32 Å². The fourth-order valence-electron chi connectivity index (χ4n) is 3.16. The van der Waals surface area contributed by atoms with Crippen molar-refractivity contribution in [3.63, 3.8) is 0 Å². The van der Waals surface area contributed by atoms with Gasteiger partial charge >= 0.3 is 0 Å². The standard InChI is InChI=1S/C20H19N3OS/c1-14-21-18(13-25-14)19-22-17-10-6-5-9-16(17)20(24)23(19)12-11-15-7-3-2-4-8-15/h2-10,13,19,22H,11-12H2,1H3. The molecule has 0 radical (unpaired) electrons. The third-order valence-electron chi connectivity index (χ3n) is 4.42. The Balaban J connectivity index is 1.66. The number of carbonyl (C=O) groups excluding carboxylic acids is 1. The second kappa shape index (κ2) is 6.69. The van der Waals surface area contributed by atoms with Crippen molar-refractivity contribution in [1.82, 2.24) is 9.88 Å². The Morgan fingerprint density at radius 3 is 2.64 bits per heavy atom. The molecule has 0 spiro atoms. The highest BCUT2D eigenvalue weighted by molar-refractivity contribution is 7.09. The SMILES string of the molecule is Cc1nc(C2Nc3ccccc3C(=O)N2CCc2ccccc2)cs1. The van der Waals surface area contributed by atoms with E-state index < -0.39 is 0 Å². The van der Waals surface area contributed by atoms with Gasteiger partial charge in [0.05, 0.1) is 16.3 Å². The maximum Gasteiger partial charge on any atom is 0.257 e. The highest BCUT2D eigenvalue weighted by Crippen LogP contribution is 2.33. The average molecular weight is 349 g/mol. The monoisotopic (exact) mass is 349 g/mol. The van der Waals surface area contributed by atoms with Crippen LogP contribution in [0.2, 0.25) is 0 Å². The van der Waals surface area contributed by atoms with Crippen LogP contribution >= 0.6 is 11.3 Å². The quantitative estimate of drug-likeness (QED) is 0.765. The molecule has 126 valence electrons. The van der Waals surface area contributed by atoms with Crippen molar-refractivity contribution in [3.8, 4) is 0 Å². The van der Waals surface area contributed by atoms with Crippen molar-refractivity contribution in [2.45, 2.75) is 19.5 Å². The summed E-state index contributed by atoms with van der Waals surface area (Å²) in [5, 5.41) is 6.53. The molecule has 1 N–H and O–H groups in total. The van der Waals surface area contributed by atoms with Gasteiger partial charge in [0.1, 0.15) is 6.17 Å². The zero-order valence-corrected chi connectivity index (χ0v) is 14.8. The summed E-state index contributed by atoms with van der Waals surface area (Å²) < 4.78 is 0. The van der Waals surface area contributed by atoms with Gasteiger partial charge < -0.3 is 10.2 Å². The van der Waals surface area contributed by atoms with Gasteiger partial charge in [0.25, 0.3) is 5.91 Å². The molecule has 0 aliphatic carbocycles. The summed E-state index contributed by atoms with van der Waals surface area (Å²) in [6.07, 6.45) is 0.590. The smallest absolute Gasteiger partial charge is 0.257 e. The lowest BCUT2D eigenvalue weighted by Gasteiger charge is -2.37. The molecule has 1 aliphatic heterocycles. The Morgan fingerprint density at radius 2 is 1.88 bits per heavy atom. The molecule has 1 amide bonds. The van der Waals surface area contributed by atoms with Crippen molar-refractivity contribution in [1.29, 1.82) is 0 Å². The number of nitrogens with zero attached hydrogens (tertiary/aromatic N) is 2. The molecule has 1 aliphatic rings. The molecule has 5 heteroatoms. The Labute approximate surface area is 151 Å². The average Bonchev–Trinajstić information content (AvgIpc) is 3.08. The summed E-state index contributed by atoms with van der Waals surface area (Å²) in [5.41, 5.74) is 3.72. The molecule has 0 bridgehead atoms. The second-order valence-corrected chi connectivity index (χ2v) is 7.18. The predicted molar refractivity (Wildman–Crippen MR) is 101 cm³/mol. The fraction of sp³-hybridized carbons (Fsp3) is 0.200. The number of carbonyl (C=O) groups is 1. The minimum absolute atomic E-state index is 0.0564. The number of anilines is 1. The molecule has 3 aromatic rings. The first-order chi connectivity index (χ1) is 12.2. The van der Waals surface area contributed by atoms with E-state index in [1.807, 2.05) is 59.7 Å². The largest absolute Gasteiger partial charge is 0.359 e. The molecule has 1 aromatic heterocycles. The third-order valence-corrected chi connectivity index (χ3v) is 5.22. The molecule has 2 aromatic carbocycles. The summed E-state index contributed by atoms with van der Waals surface area (Å²) in [6.45, 7) is 2.63. The van der Waals surface area contributed by atoms with Gasteiger partial charge in [-0.1, -0.05) is 42.5 Å². The lowest BCUT2D eigenvalue weighted by Crippen LogP contribution is -2.44. The Hall–Kier alpha value is -2.66. The molecule has 1 unspecified atom stereocenters. The van der Waals surface area contributed by atoms with Gasteiger partial charge in [-0.2, -0.15) is 0 Å². The van der Waals surface area contributed by atoms with Gasteiger partial charge in [0, 0.05) is 17.6 Å². The van der Waals surface area contributed by atoms with Crippen molar-refractivity contribution < 1.29 is 4.79 Å². The highest BCUT2D eigenvalue weighted by Gasteiger charge is 2.33. The maximum atomic E-state index is 13.1. The Bertz CT molecular complexity index is 891. The number of benzene rings is 2. The third kappa shape index (κ3) is 3.15. The predicted octanol–water partition coefficient (Wildman–Crippen LogP) is 4.26. The molecule has 2 heterocycles. The first kappa shape index (κ1) is 15.8. The van der Waals surface area contributed by atoms with Crippen molar-refractivity contribution in [3.05, 3.63) is 81.8 Å². The van der Waals surface area contributed by atoms with Gasteiger partial charge in [-0.25, -0.2) is 4.98 Å². The highest BCUT2D eigenvalue weighted by atomic mass is 32.1. The van der Waals surface area contributed by atoms with Crippen LogP contribution in [0.15, 0.2) is 60.0 Å². The van der Waals surface area contributed by atoms with Crippen LogP contribution in [0.5, 0.6) is 0 Å². The molecular formula is C20H19N3OS. The number of thiazole rings is 1. The van der Waals surface area contributed by atoms with Crippen LogP contribution in [0, 0.1) is 6.92 Å². The van der Waals surface area contributed by atoms with E-state index in [-0.39, 0.29) is 12.1 Å². The van der Waals surface area contributed by atoms with Gasteiger partial charge in [0.2, 0.25) is 0 Å². The van der Waals surface area contributed by atoms with Crippen LogP contribution in [0.4, 0.5) is 5.69 Å². The summed E-state index contributed by atoms with van der Waals surface area (Å²) in [4.78, 5) is 19.6. The molecular weight excluding hydrogens is 330 g/mol. The second-order valence-electron chi connectivity index (χ2n) is 6.12. The minimum atomic E-state index is -0.226. The maximum absolute atomic E-state index is 13.1. The van der Waals surface area contributed by atoms with E-state index in [9.17, 15) is 4.79 Å². The number of aromatic nitrogens is 1. The van der Waals surface area contributed by atoms with Crippen LogP contribution in [0.3, 0.4) is 0 Å². The van der Waals surface area contributed by atoms with Crippen LogP contribution in [-0.4, -0.2) is 22.3 Å². The molecule has 4 rings (SSSR count). The first-order valence-corrected chi connectivity index (χ1v) is 9.23. The van der Waals surface area contributed by atoms with E-state index >= 15 is 0 Å². The zero-order valence-electron chi connectivity index (χ0n) is 14.0. The van der Waals surface area contributed by atoms with Gasteiger partial charge in [-0.3, -0.25) is 4.79 Å². The minimum Gasteiger partial charge on any atom is -0.359 e. The lowest BCUT2D eigenvalue weighted by molar-refractivity contribution is 0.0682. The van der Waals surface area contributed by atoms with E-state index in [1.165, 1.54) is 5.56 Å². The zero-order chi connectivity index (χ0) is 17.2. The normalized spacial score (nSPS) is 16.4. The van der Waals surface area contributed by atoms with Crippen molar-refractivity contribution in [2.24, 2.45) is 0 Å². The first-order valence-electron chi connectivity index (χ1n) is 8.35. The lowest BCUT2D eigenvalue weighted by atomic mass is 10.1. The van der Waals surface area contributed by atoms with Gasteiger partial charge in [0.15, 0.2) is 0 Å². The summed E-state index contributed by atoms with van der Waals surface area (Å²) in [6, 6.07) is 17.9. The molecule has 25 heavy (non-hydrogen) atoms. The topological polar surface area (TPSA) is 45.2 Å².